The average Bonchev–Trinajstić information content (AvgIpc) is 2.73. The van der Waals surface area contributed by atoms with Crippen molar-refractivity contribution in [3.8, 4) is 17.2 Å². The first-order valence-electron chi connectivity index (χ1n) is 8.66. The van der Waals surface area contributed by atoms with Gasteiger partial charge in [-0.2, -0.15) is 5.26 Å². The van der Waals surface area contributed by atoms with Crippen molar-refractivity contribution in [1.82, 2.24) is 14.9 Å². The first-order valence-corrected chi connectivity index (χ1v) is 9.42. The van der Waals surface area contributed by atoms with Crippen molar-refractivity contribution in [2.75, 3.05) is 24.5 Å². The predicted octanol–water partition coefficient (Wildman–Crippen LogP) is 3.77. The first-order chi connectivity index (χ1) is 13.6. The van der Waals surface area contributed by atoms with Gasteiger partial charge in [0.2, 0.25) is 6.41 Å². The molecule has 0 N–H and O–H groups in total. The molecule has 1 aliphatic heterocycles. The third kappa shape index (κ3) is 3.35. The topological polar surface area (TPSA) is 73.1 Å². The second-order valence-electron chi connectivity index (χ2n) is 6.49. The Morgan fingerprint density at radius 1 is 1.14 bits per heavy atom. The normalized spacial score (nSPS) is 16.8. The summed E-state index contributed by atoms with van der Waals surface area (Å²) in [4.78, 5) is 23.5. The van der Waals surface area contributed by atoms with Gasteiger partial charge in [0.15, 0.2) is 0 Å². The number of carbonyl (C=O) groups is 1. The number of aromatic nitrogens is 2. The van der Waals surface area contributed by atoms with E-state index in [1.807, 2.05) is 41.3 Å². The number of anilines is 1. The molecule has 0 saturated carbocycles. The third-order valence-corrected chi connectivity index (χ3v) is 5.43. The number of amides is 1. The van der Waals surface area contributed by atoms with Crippen LogP contribution in [0, 0.1) is 11.3 Å². The molecule has 1 saturated heterocycles. The van der Waals surface area contributed by atoms with Crippen LogP contribution in [0.1, 0.15) is 0 Å². The summed E-state index contributed by atoms with van der Waals surface area (Å²) in [6.45, 7) is 1.44. The van der Waals surface area contributed by atoms with Crippen LogP contribution in [-0.2, 0) is 4.79 Å². The largest absolute Gasteiger partial charge is 0.351 e. The highest BCUT2D eigenvalue weighted by atomic mass is 35.5. The number of carbonyl (C=O) groups excluding carboxylic acids is 1. The van der Waals surface area contributed by atoms with E-state index in [2.05, 4.69) is 16.0 Å². The summed E-state index contributed by atoms with van der Waals surface area (Å²) < 4.78 is 0. The van der Waals surface area contributed by atoms with Gasteiger partial charge in [-0.05, 0) is 29.8 Å². The van der Waals surface area contributed by atoms with Crippen molar-refractivity contribution in [1.29, 1.82) is 5.26 Å². The van der Waals surface area contributed by atoms with E-state index in [0.717, 1.165) is 34.3 Å². The van der Waals surface area contributed by atoms with Gasteiger partial charge in [-0.3, -0.25) is 4.79 Å². The van der Waals surface area contributed by atoms with Crippen molar-refractivity contribution in [2.24, 2.45) is 0 Å². The number of benzene rings is 2. The molecule has 3 aromatic rings. The lowest BCUT2D eigenvalue weighted by Crippen LogP contribution is -2.52. The first kappa shape index (κ1) is 18.5. The van der Waals surface area contributed by atoms with E-state index in [4.69, 9.17) is 23.2 Å². The maximum absolute atomic E-state index is 11.2. The predicted molar refractivity (Wildman–Crippen MR) is 109 cm³/mol. The molecule has 1 unspecified atom stereocenters. The minimum Gasteiger partial charge on any atom is -0.351 e. The molecular formula is C20H15Cl2N5O. The van der Waals surface area contributed by atoms with Crippen molar-refractivity contribution in [2.45, 2.75) is 6.04 Å². The number of hydrogen-bond donors (Lipinski definition) is 0. The fourth-order valence-corrected chi connectivity index (χ4v) is 3.79. The van der Waals surface area contributed by atoms with Crippen LogP contribution < -0.4 is 4.90 Å². The number of nitriles is 1. The van der Waals surface area contributed by atoms with Gasteiger partial charge in [0, 0.05) is 29.1 Å². The number of halogens is 2. The van der Waals surface area contributed by atoms with Gasteiger partial charge in [-0.25, -0.2) is 9.97 Å². The molecule has 0 spiro atoms. The summed E-state index contributed by atoms with van der Waals surface area (Å²) in [5.74, 6) is 0.725. The Morgan fingerprint density at radius 3 is 2.64 bits per heavy atom. The minimum absolute atomic E-state index is 0.389. The highest BCUT2D eigenvalue weighted by Gasteiger charge is 2.27. The fourth-order valence-electron chi connectivity index (χ4n) is 3.40. The molecule has 0 aliphatic carbocycles. The molecule has 6 nitrogen and oxygen atoms in total. The molecule has 0 radical (unpaired) electrons. The molecular weight excluding hydrogens is 397 g/mol. The zero-order valence-electron chi connectivity index (χ0n) is 14.7. The Kier molecular flexibility index (Phi) is 5.03. The van der Waals surface area contributed by atoms with Gasteiger partial charge < -0.3 is 9.80 Å². The van der Waals surface area contributed by atoms with Crippen LogP contribution in [0.25, 0.3) is 22.0 Å². The van der Waals surface area contributed by atoms with Crippen LogP contribution in [0.2, 0.25) is 10.0 Å². The lowest BCUT2D eigenvalue weighted by molar-refractivity contribution is -0.119. The minimum atomic E-state index is -0.515. The van der Waals surface area contributed by atoms with Crippen LogP contribution in [0.3, 0.4) is 0 Å². The zero-order valence-corrected chi connectivity index (χ0v) is 16.2. The van der Waals surface area contributed by atoms with Gasteiger partial charge >= 0.3 is 0 Å². The van der Waals surface area contributed by atoms with Gasteiger partial charge in [0.25, 0.3) is 0 Å². The van der Waals surface area contributed by atoms with Crippen molar-refractivity contribution < 1.29 is 4.79 Å². The quantitative estimate of drug-likeness (QED) is 0.613. The molecule has 2 aromatic carbocycles. The van der Waals surface area contributed by atoms with Crippen molar-refractivity contribution >= 4 is 46.3 Å². The van der Waals surface area contributed by atoms with Gasteiger partial charge in [0.05, 0.1) is 23.2 Å². The number of rotatable bonds is 3. The molecule has 1 aliphatic rings. The van der Waals surface area contributed by atoms with E-state index in [9.17, 15) is 10.1 Å². The van der Waals surface area contributed by atoms with E-state index >= 15 is 0 Å². The second-order valence-corrected chi connectivity index (χ2v) is 7.33. The number of piperazine rings is 1. The summed E-state index contributed by atoms with van der Waals surface area (Å²) in [5, 5.41) is 11.5. The monoisotopic (exact) mass is 411 g/mol. The summed E-state index contributed by atoms with van der Waals surface area (Å²) in [6, 6.07) is 12.9. The van der Waals surface area contributed by atoms with Gasteiger partial charge in [-0.1, -0.05) is 35.3 Å². The Hall–Kier alpha value is -2.88. The molecule has 1 fully saturated rings. The van der Waals surface area contributed by atoms with Crippen LogP contribution >= 0.6 is 23.2 Å². The van der Waals surface area contributed by atoms with Gasteiger partial charge in [-0.15, -0.1) is 0 Å². The Labute approximate surface area is 171 Å². The van der Waals surface area contributed by atoms with E-state index in [1.54, 1.807) is 0 Å². The number of hydrogen-bond acceptors (Lipinski definition) is 5. The van der Waals surface area contributed by atoms with Crippen molar-refractivity contribution in [3.05, 3.63) is 52.8 Å². The maximum Gasteiger partial charge on any atom is 0.210 e. The maximum atomic E-state index is 11.2. The van der Waals surface area contributed by atoms with E-state index < -0.39 is 6.04 Å². The molecule has 0 bridgehead atoms. The van der Waals surface area contributed by atoms with E-state index in [-0.39, 0.29) is 0 Å². The Bertz CT molecular complexity index is 1080. The molecule has 4 rings (SSSR count). The smallest absolute Gasteiger partial charge is 0.210 e. The lowest BCUT2D eigenvalue weighted by atomic mass is 10.0. The highest BCUT2D eigenvalue weighted by molar-refractivity contribution is 6.34. The molecule has 1 aromatic heterocycles. The Balaban J connectivity index is 1.79. The summed E-state index contributed by atoms with van der Waals surface area (Å²) in [7, 11) is 0. The number of nitrogens with zero attached hydrogens (tertiary/aromatic N) is 5. The standard InChI is InChI=1S/C20H15Cl2N5O/c21-14-3-1-13(2-4-14)16-7-17-19(8-18(16)22)24-11-25-20(17)26-5-6-27(12-28)15(9-23)10-26/h1-4,7-8,11-12,15H,5-6,10H2. The molecule has 1 atom stereocenters. The second kappa shape index (κ2) is 7.63. The Morgan fingerprint density at radius 2 is 1.93 bits per heavy atom. The molecule has 28 heavy (non-hydrogen) atoms. The molecule has 2 heterocycles. The molecule has 1 amide bonds. The van der Waals surface area contributed by atoms with E-state index in [0.29, 0.717) is 29.7 Å². The average molecular weight is 412 g/mol. The van der Waals surface area contributed by atoms with Crippen LogP contribution in [0.4, 0.5) is 5.82 Å². The summed E-state index contributed by atoms with van der Waals surface area (Å²) in [6.07, 6.45) is 2.21. The molecule has 140 valence electrons. The SMILES string of the molecule is N#CC1CN(c2ncnc3cc(Cl)c(-c4ccc(Cl)cc4)cc23)CCN1C=O. The number of fused-ring (bicyclic) bond motifs is 1. The van der Waals surface area contributed by atoms with Crippen LogP contribution in [-0.4, -0.2) is 47.0 Å². The summed E-state index contributed by atoms with van der Waals surface area (Å²) in [5.41, 5.74) is 2.51. The van der Waals surface area contributed by atoms with Gasteiger partial charge in [0.1, 0.15) is 18.2 Å². The highest BCUT2D eigenvalue weighted by Crippen LogP contribution is 2.35. The van der Waals surface area contributed by atoms with Crippen LogP contribution in [0.15, 0.2) is 42.7 Å². The zero-order chi connectivity index (χ0) is 19.7. The third-order valence-electron chi connectivity index (χ3n) is 4.86. The van der Waals surface area contributed by atoms with Crippen molar-refractivity contribution in [3.63, 3.8) is 0 Å². The fraction of sp³-hybridized carbons (Fsp3) is 0.200. The van der Waals surface area contributed by atoms with E-state index in [1.165, 1.54) is 11.2 Å². The summed E-state index contributed by atoms with van der Waals surface area (Å²) >= 11 is 12.5. The molecule has 8 heteroatoms. The van der Waals surface area contributed by atoms with Crippen LogP contribution in [0.5, 0.6) is 0 Å². The lowest BCUT2D eigenvalue weighted by Gasteiger charge is -2.37.